The van der Waals surface area contributed by atoms with Crippen LogP contribution in [0, 0.1) is 10.1 Å². The Hall–Kier alpha value is -6.89. The molecule has 2 aromatic heterocycles. The average Bonchev–Trinajstić information content (AvgIpc) is 3.53. The number of aromatic carboxylic acids is 1. The van der Waals surface area contributed by atoms with Crippen molar-refractivity contribution in [2.45, 2.75) is 18.1 Å². The molecular weight excluding hydrogens is 1000 g/mol. The Balaban J connectivity index is 0.000000384. The normalized spacial score (nSPS) is 11.0. The number of carboxylic acid groups (broad SMARTS) is 2. The second kappa shape index (κ2) is 24.6. The van der Waals surface area contributed by atoms with Crippen LogP contribution in [0.5, 0.6) is 23.3 Å². The summed E-state index contributed by atoms with van der Waals surface area (Å²) < 4.78 is 99.7. The second-order valence-electron chi connectivity index (χ2n) is 11.9. The molecule has 0 aliphatic heterocycles. The summed E-state index contributed by atoms with van der Waals surface area (Å²) >= 11 is 11.4. The number of sulfonamides is 1. The van der Waals surface area contributed by atoms with Gasteiger partial charge in [-0.2, -0.15) is 36.7 Å². The van der Waals surface area contributed by atoms with Gasteiger partial charge in [0.15, 0.2) is 16.8 Å². The fraction of sp³-hybridized carbons (Fsp3) is 0.273. The third-order valence-corrected chi connectivity index (χ3v) is 9.69. The molecule has 4 aromatic rings. The fourth-order valence-corrected chi connectivity index (χ4v) is 6.63. The van der Waals surface area contributed by atoms with Crippen LogP contribution in [-0.2, 0) is 46.9 Å². The number of ether oxygens (including phenoxy) is 5. The smallest absolute Gasteiger partial charge is 0.416 e. The lowest BCUT2D eigenvalue weighted by atomic mass is 10.1. The van der Waals surface area contributed by atoms with E-state index in [9.17, 15) is 60.2 Å². The van der Waals surface area contributed by atoms with Gasteiger partial charge in [0.05, 0.1) is 55.2 Å². The first-order valence-corrected chi connectivity index (χ1v) is 21.5. The third kappa shape index (κ3) is 18.1. The molecule has 0 saturated heterocycles. The quantitative estimate of drug-likeness (QED) is 0.0343. The monoisotopic (exact) mass is 1040 g/mol. The largest absolute Gasteiger partial charge is 0.481 e. The average molecular weight is 1040 g/mol. The number of halogens is 5. The summed E-state index contributed by atoms with van der Waals surface area (Å²) in [5, 5.41) is 34.2. The van der Waals surface area contributed by atoms with Crippen molar-refractivity contribution < 1.29 is 98.7 Å². The summed E-state index contributed by atoms with van der Waals surface area (Å²) in [7, 11) is -4.95. The molecule has 2 heterocycles. The van der Waals surface area contributed by atoms with Crippen LogP contribution >= 0.6 is 30.8 Å². The van der Waals surface area contributed by atoms with Crippen molar-refractivity contribution in [2.75, 3.05) is 45.6 Å². The molecule has 34 heteroatoms. The molecule has 0 bridgehead atoms. The molecule has 366 valence electrons. The number of nitro groups is 1. The van der Waals surface area contributed by atoms with Crippen LogP contribution in [0.1, 0.15) is 33.2 Å². The van der Waals surface area contributed by atoms with Crippen LogP contribution in [0.2, 0.25) is 10.2 Å². The number of hydrogen-bond donors (Lipinski definition) is 7. The first-order valence-electron chi connectivity index (χ1n) is 17.4. The molecule has 2 aromatic carbocycles. The number of nitrogens with zero attached hydrogens (tertiary/aromatic N) is 5. The Bertz CT molecular complexity index is 2630. The molecule has 0 spiro atoms. The van der Waals surface area contributed by atoms with Gasteiger partial charge in [0.2, 0.25) is 17.7 Å². The lowest BCUT2D eigenvalue weighted by Crippen LogP contribution is -2.36. The van der Waals surface area contributed by atoms with Gasteiger partial charge in [-0.1, -0.05) is 23.2 Å². The number of amides is 2. The van der Waals surface area contributed by atoms with E-state index < -0.39 is 111 Å². The lowest BCUT2D eigenvalue weighted by Gasteiger charge is -2.12. The Kier molecular flexibility index (Phi) is 20.6. The minimum atomic E-state index is -4.64. The van der Waals surface area contributed by atoms with E-state index in [0.29, 0.717) is 10.7 Å². The van der Waals surface area contributed by atoms with Gasteiger partial charge in [-0.25, -0.2) is 23.9 Å². The summed E-state index contributed by atoms with van der Waals surface area (Å²) in [6.45, 7) is 0.385. The van der Waals surface area contributed by atoms with Gasteiger partial charge in [0, 0.05) is 19.2 Å². The van der Waals surface area contributed by atoms with Crippen molar-refractivity contribution in [2.24, 2.45) is 7.05 Å². The van der Waals surface area contributed by atoms with E-state index in [0.717, 1.165) is 37.4 Å². The van der Waals surface area contributed by atoms with Crippen molar-refractivity contribution in [3.63, 3.8) is 0 Å². The van der Waals surface area contributed by atoms with Crippen molar-refractivity contribution in [1.82, 2.24) is 29.8 Å². The Labute approximate surface area is 383 Å². The fourth-order valence-electron chi connectivity index (χ4n) is 4.43. The number of carbonyl (C=O) groups excluding carboxylic acids is 3. The van der Waals surface area contributed by atoms with E-state index in [2.05, 4.69) is 30.4 Å². The molecule has 67 heavy (non-hydrogen) atoms. The highest BCUT2D eigenvalue weighted by Gasteiger charge is 2.33. The van der Waals surface area contributed by atoms with Crippen molar-refractivity contribution in [1.29, 1.82) is 0 Å². The van der Waals surface area contributed by atoms with E-state index in [4.69, 9.17) is 62.1 Å². The highest BCUT2D eigenvalue weighted by Crippen LogP contribution is 2.37. The second-order valence-corrected chi connectivity index (χ2v) is 15.9. The Morgan fingerprint density at radius 3 is 2.07 bits per heavy atom. The molecule has 0 radical (unpaired) electrons. The first-order chi connectivity index (χ1) is 31.0. The summed E-state index contributed by atoms with van der Waals surface area (Å²) in [4.78, 5) is 90.8. The molecule has 27 nitrogen and oxygen atoms in total. The molecule has 0 fully saturated rings. The van der Waals surface area contributed by atoms with Gasteiger partial charge < -0.3 is 43.7 Å². The van der Waals surface area contributed by atoms with Crippen molar-refractivity contribution in [3.05, 3.63) is 79.4 Å². The van der Waals surface area contributed by atoms with Gasteiger partial charge in [-0.15, -0.1) is 0 Å². The maximum atomic E-state index is 12.7. The number of benzene rings is 2. The summed E-state index contributed by atoms with van der Waals surface area (Å²) in [6, 6.07) is 5.42. The van der Waals surface area contributed by atoms with Gasteiger partial charge in [0.25, 0.3) is 15.7 Å². The zero-order chi connectivity index (χ0) is 51.0. The zero-order valence-electron chi connectivity index (χ0n) is 34.3. The van der Waals surface area contributed by atoms with Gasteiger partial charge in [0.1, 0.15) is 22.6 Å². The first kappa shape index (κ1) is 56.2. The molecule has 0 aliphatic carbocycles. The maximum Gasteiger partial charge on any atom is 0.416 e. The van der Waals surface area contributed by atoms with Crippen LogP contribution in [-0.4, -0.2) is 123 Å². The highest BCUT2D eigenvalue weighted by molar-refractivity contribution is 7.90. The van der Waals surface area contributed by atoms with E-state index >= 15 is 0 Å². The minimum absolute atomic E-state index is 0.0478. The number of urea groups is 1. The molecule has 0 saturated carbocycles. The van der Waals surface area contributed by atoms with E-state index in [1.54, 1.807) is 4.72 Å². The SMILES string of the molecule is CCOC(=O)COC(=O)c1cc(Oc2ccc(C(F)(F)F)cc2Cl)ccc1[N+](=O)[O-].COc1cc(OC)nc(NC(=O)NS(=O)(=O)c2c(C(=O)O)c(Cl)nn2C)n1.O=C(O)CNCP(=O)(O)O. The molecule has 0 aliphatic rings. The predicted octanol–water partition coefficient (Wildman–Crippen LogP) is 3.66. The molecule has 7 N–H and O–H groups in total. The van der Waals surface area contributed by atoms with Gasteiger partial charge >= 0.3 is 43.7 Å². The zero-order valence-corrected chi connectivity index (χ0v) is 37.5. The number of rotatable bonds is 17. The summed E-state index contributed by atoms with van der Waals surface area (Å²) in [5.41, 5.74) is -2.94. The number of methoxy groups -OCH3 is 2. The number of nitrogens with one attached hydrogen (secondary N) is 3. The van der Waals surface area contributed by atoms with Crippen molar-refractivity contribution in [3.8, 4) is 23.3 Å². The minimum Gasteiger partial charge on any atom is -0.481 e. The van der Waals surface area contributed by atoms with Gasteiger partial charge in [-0.3, -0.25) is 34.8 Å². The van der Waals surface area contributed by atoms with Crippen LogP contribution in [0.4, 0.5) is 29.6 Å². The summed E-state index contributed by atoms with van der Waals surface area (Å²) in [5.74, 6) is -5.35. The third-order valence-electron chi connectivity index (χ3n) is 7.06. The number of hydrogen-bond acceptors (Lipinski definition) is 19. The summed E-state index contributed by atoms with van der Waals surface area (Å²) in [6.07, 6.45) is -5.20. The van der Waals surface area contributed by atoms with E-state index in [1.807, 2.05) is 0 Å². The number of aliphatic carboxylic acids is 1. The topological polar surface area (TPSA) is 386 Å². The maximum absolute atomic E-state index is 12.7. The predicted molar refractivity (Wildman–Crippen MR) is 219 cm³/mol. The Morgan fingerprint density at radius 2 is 1.58 bits per heavy atom. The van der Waals surface area contributed by atoms with Gasteiger partial charge in [-0.05, 0) is 31.2 Å². The van der Waals surface area contributed by atoms with Crippen LogP contribution in [0.15, 0.2) is 47.5 Å². The van der Waals surface area contributed by atoms with Crippen LogP contribution < -0.4 is 29.6 Å². The number of aromatic nitrogens is 4. The number of esters is 2. The number of carboxylic acids is 2. The van der Waals surface area contributed by atoms with Crippen LogP contribution in [0.25, 0.3) is 0 Å². The number of carbonyl (C=O) groups is 5. The van der Waals surface area contributed by atoms with Crippen LogP contribution in [0.3, 0.4) is 0 Å². The molecule has 0 atom stereocenters. The Morgan fingerprint density at radius 1 is 0.970 bits per heavy atom. The molecule has 2 amide bonds. The number of nitro benzene ring substituents is 1. The van der Waals surface area contributed by atoms with E-state index in [1.165, 1.54) is 27.2 Å². The number of aryl methyl sites for hydroxylation is 1. The number of anilines is 1. The standard InChI is InChI=1S/C18H13ClF3NO7.C12H13ClN6O7S.C3H8NO5P/c1-2-28-16(24)9-29-17(25)12-8-11(4-5-14(12)23(26)27)30-15-6-3-10(7-13(15)19)18(20,21)22;1-19-9(7(10(20)21)8(13)17-19)27(23,24)18-12(22)16-11-14-5(25-2)4-6(15-11)26-3;5-3(6)1-4-2-10(7,8)9/h3-8H,2,9H2,1H3;4H,1-3H3,(H,20,21)(H2,14,15,16,18,22);4H,1-2H2,(H,5,6)(H2,7,8,9). The highest BCUT2D eigenvalue weighted by atomic mass is 35.5. The number of alkyl halides is 3. The molecule has 4 rings (SSSR count). The lowest BCUT2D eigenvalue weighted by molar-refractivity contribution is -0.385. The van der Waals surface area contributed by atoms with E-state index in [-0.39, 0.29) is 40.8 Å². The molecular formula is C33H34Cl2F3N8O19PS. The van der Waals surface area contributed by atoms with Crippen molar-refractivity contribution >= 4 is 82.4 Å². The molecule has 0 unspecified atom stereocenters.